The first-order valence-electron chi connectivity index (χ1n) is 7.17. The molecule has 0 bridgehead atoms. The first-order chi connectivity index (χ1) is 10.2. The summed E-state index contributed by atoms with van der Waals surface area (Å²) in [7, 11) is 0. The number of benzene rings is 2. The molecule has 2 heterocycles. The van der Waals surface area contributed by atoms with E-state index in [9.17, 15) is 0 Å². The average molecular weight is 295 g/mol. The number of halogens is 1. The molecule has 0 fully saturated rings. The maximum Gasteiger partial charge on any atom is 0.0727 e. The van der Waals surface area contributed by atoms with Gasteiger partial charge in [-0.1, -0.05) is 29.8 Å². The number of para-hydroxylation sites is 1. The summed E-state index contributed by atoms with van der Waals surface area (Å²) in [5, 5.41) is 4.29. The molecule has 3 heteroatoms. The third-order valence-electron chi connectivity index (χ3n) is 4.10. The molecule has 0 N–H and O–H groups in total. The van der Waals surface area contributed by atoms with Crippen molar-refractivity contribution in [3.8, 4) is 0 Å². The Labute approximate surface area is 128 Å². The number of hydrogen-bond donors (Lipinski definition) is 0. The van der Waals surface area contributed by atoms with E-state index < -0.39 is 0 Å². The van der Waals surface area contributed by atoms with E-state index in [1.807, 2.05) is 13.0 Å². The van der Waals surface area contributed by atoms with Crippen molar-refractivity contribution in [3.63, 3.8) is 0 Å². The van der Waals surface area contributed by atoms with Crippen molar-refractivity contribution in [2.45, 2.75) is 20.4 Å². The largest absolute Gasteiger partial charge is 0.341 e. The highest BCUT2D eigenvalue weighted by atomic mass is 35.5. The third-order valence-corrected chi connectivity index (χ3v) is 4.40. The third kappa shape index (κ3) is 1.69. The summed E-state index contributed by atoms with van der Waals surface area (Å²) < 4.78 is 2.33. The second kappa shape index (κ2) is 4.47. The molecule has 2 aromatic carbocycles. The number of nitrogens with zero attached hydrogens (tertiary/aromatic N) is 2. The van der Waals surface area contributed by atoms with Crippen LogP contribution >= 0.6 is 11.6 Å². The van der Waals surface area contributed by atoms with E-state index in [2.05, 4.69) is 52.9 Å². The molecular formula is C18H15ClN2. The van der Waals surface area contributed by atoms with Crippen molar-refractivity contribution < 1.29 is 0 Å². The number of hydrogen-bond acceptors (Lipinski definition) is 1. The maximum absolute atomic E-state index is 6.54. The quantitative estimate of drug-likeness (QED) is 0.464. The number of aromatic nitrogens is 2. The van der Waals surface area contributed by atoms with Gasteiger partial charge < -0.3 is 4.57 Å². The van der Waals surface area contributed by atoms with Crippen LogP contribution in [-0.4, -0.2) is 9.55 Å². The molecule has 21 heavy (non-hydrogen) atoms. The number of pyridine rings is 1. The molecule has 0 aliphatic rings. The number of fused-ring (bicyclic) bond motifs is 5. The van der Waals surface area contributed by atoms with Gasteiger partial charge in [0.05, 0.1) is 10.5 Å². The standard InChI is InChI=1S/C18H15ClN2/c1-3-21-15-7-5-4-6-12(15)17-16(21)9-8-14-18(17)13(19)10-11(2)20-14/h4-10H,3H2,1-2H3. The highest BCUT2D eigenvalue weighted by Crippen LogP contribution is 2.37. The Morgan fingerprint density at radius 1 is 1.05 bits per heavy atom. The highest BCUT2D eigenvalue weighted by Gasteiger charge is 2.14. The summed E-state index contributed by atoms with van der Waals surface area (Å²) >= 11 is 6.54. The van der Waals surface area contributed by atoms with Gasteiger partial charge in [0.1, 0.15) is 0 Å². The lowest BCUT2D eigenvalue weighted by Crippen LogP contribution is -1.93. The van der Waals surface area contributed by atoms with Gasteiger partial charge in [-0.2, -0.15) is 0 Å². The van der Waals surface area contributed by atoms with Gasteiger partial charge in [-0.3, -0.25) is 4.98 Å². The predicted octanol–water partition coefficient (Wildman–Crippen LogP) is 5.32. The van der Waals surface area contributed by atoms with Crippen LogP contribution in [-0.2, 0) is 6.54 Å². The molecule has 0 unspecified atom stereocenters. The van der Waals surface area contributed by atoms with E-state index in [1.165, 1.54) is 21.8 Å². The summed E-state index contributed by atoms with van der Waals surface area (Å²) in [6.07, 6.45) is 0. The molecule has 0 radical (unpaired) electrons. The van der Waals surface area contributed by atoms with Crippen LogP contribution in [0.5, 0.6) is 0 Å². The SMILES string of the molecule is CCn1c2ccccc2c2c3c(Cl)cc(C)nc3ccc21. The first kappa shape index (κ1) is 12.7. The van der Waals surface area contributed by atoms with Crippen LogP contribution in [0, 0.1) is 6.92 Å². The second-order valence-electron chi connectivity index (χ2n) is 5.36. The molecular weight excluding hydrogens is 280 g/mol. The number of aryl methyl sites for hydroxylation is 2. The van der Waals surface area contributed by atoms with E-state index in [-0.39, 0.29) is 0 Å². The summed E-state index contributed by atoms with van der Waals surface area (Å²) in [4.78, 5) is 4.63. The van der Waals surface area contributed by atoms with E-state index in [0.717, 1.165) is 28.2 Å². The second-order valence-corrected chi connectivity index (χ2v) is 5.77. The lowest BCUT2D eigenvalue weighted by Gasteiger charge is -2.06. The van der Waals surface area contributed by atoms with Crippen LogP contribution in [0.1, 0.15) is 12.6 Å². The Morgan fingerprint density at radius 2 is 1.86 bits per heavy atom. The molecule has 0 atom stereocenters. The normalized spacial score (nSPS) is 11.8. The molecule has 0 saturated carbocycles. The van der Waals surface area contributed by atoms with Crippen LogP contribution in [0.3, 0.4) is 0 Å². The smallest absolute Gasteiger partial charge is 0.0727 e. The molecule has 104 valence electrons. The molecule has 2 aromatic heterocycles. The van der Waals surface area contributed by atoms with Gasteiger partial charge in [0.25, 0.3) is 0 Å². The molecule has 0 amide bonds. The highest BCUT2D eigenvalue weighted by molar-refractivity contribution is 6.39. The van der Waals surface area contributed by atoms with E-state index in [4.69, 9.17) is 11.6 Å². The van der Waals surface area contributed by atoms with Gasteiger partial charge in [-0.05, 0) is 38.1 Å². The fourth-order valence-corrected chi connectivity index (χ4v) is 3.63. The minimum absolute atomic E-state index is 0.780. The van der Waals surface area contributed by atoms with Gasteiger partial charge in [0, 0.05) is 39.4 Å². The fourth-order valence-electron chi connectivity index (χ4n) is 3.28. The Hall–Kier alpha value is -2.06. The Balaban J connectivity index is 2.36. The molecule has 0 aliphatic carbocycles. The Bertz CT molecular complexity index is 999. The molecule has 4 rings (SSSR count). The van der Waals surface area contributed by atoms with E-state index in [0.29, 0.717) is 0 Å². The monoisotopic (exact) mass is 294 g/mol. The van der Waals surface area contributed by atoms with Crippen molar-refractivity contribution >= 4 is 44.3 Å². The fraction of sp³-hybridized carbons (Fsp3) is 0.167. The molecule has 0 spiro atoms. The van der Waals surface area contributed by atoms with Crippen LogP contribution < -0.4 is 0 Å². The topological polar surface area (TPSA) is 17.8 Å². The van der Waals surface area contributed by atoms with Crippen LogP contribution in [0.2, 0.25) is 5.02 Å². The van der Waals surface area contributed by atoms with Crippen molar-refractivity contribution in [1.29, 1.82) is 0 Å². The zero-order valence-electron chi connectivity index (χ0n) is 12.0. The zero-order valence-corrected chi connectivity index (χ0v) is 12.8. The predicted molar refractivity (Wildman–Crippen MR) is 90.2 cm³/mol. The van der Waals surface area contributed by atoms with Gasteiger partial charge in [0.2, 0.25) is 0 Å². The Kier molecular flexibility index (Phi) is 2.69. The van der Waals surface area contributed by atoms with Crippen molar-refractivity contribution in [1.82, 2.24) is 9.55 Å². The average Bonchev–Trinajstić information content (AvgIpc) is 2.80. The molecule has 2 nitrogen and oxygen atoms in total. The molecule has 0 aliphatic heterocycles. The maximum atomic E-state index is 6.54. The first-order valence-corrected chi connectivity index (χ1v) is 7.55. The van der Waals surface area contributed by atoms with Crippen LogP contribution in [0.4, 0.5) is 0 Å². The van der Waals surface area contributed by atoms with Gasteiger partial charge in [-0.25, -0.2) is 0 Å². The van der Waals surface area contributed by atoms with Crippen LogP contribution in [0.25, 0.3) is 32.7 Å². The van der Waals surface area contributed by atoms with Crippen LogP contribution in [0.15, 0.2) is 42.5 Å². The van der Waals surface area contributed by atoms with Crippen molar-refractivity contribution in [2.75, 3.05) is 0 Å². The summed E-state index contributed by atoms with van der Waals surface area (Å²) in [6.45, 7) is 5.09. The van der Waals surface area contributed by atoms with Crippen molar-refractivity contribution in [2.24, 2.45) is 0 Å². The lowest BCUT2D eigenvalue weighted by molar-refractivity contribution is 0.827. The summed E-state index contributed by atoms with van der Waals surface area (Å²) in [5.41, 5.74) is 4.38. The van der Waals surface area contributed by atoms with E-state index >= 15 is 0 Å². The van der Waals surface area contributed by atoms with Gasteiger partial charge in [0.15, 0.2) is 0 Å². The van der Waals surface area contributed by atoms with Gasteiger partial charge >= 0.3 is 0 Å². The van der Waals surface area contributed by atoms with Crippen molar-refractivity contribution in [3.05, 3.63) is 53.2 Å². The molecule has 0 saturated heterocycles. The number of rotatable bonds is 1. The lowest BCUT2D eigenvalue weighted by atomic mass is 10.1. The van der Waals surface area contributed by atoms with E-state index in [1.54, 1.807) is 0 Å². The summed E-state index contributed by atoms with van der Waals surface area (Å²) in [5.74, 6) is 0. The summed E-state index contributed by atoms with van der Waals surface area (Å²) in [6, 6.07) is 14.7. The minimum atomic E-state index is 0.780. The zero-order chi connectivity index (χ0) is 14.6. The molecule has 4 aromatic rings. The Morgan fingerprint density at radius 3 is 2.67 bits per heavy atom. The minimum Gasteiger partial charge on any atom is -0.341 e. The van der Waals surface area contributed by atoms with Gasteiger partial charge in [-0.15, -0.1) is 0 Å².